The average Bonchev–Trinajstić information content (AvgIpc) is 3.15. The van der Waals surface area contributed by atoms with E-state index in [9.17, 15) is 9.90 Å². The van der Waals surface area contributed by atoms with Crippen molar-refractivity contribution in [3.63, 3.8) is 0 Å². The highest BCUT2D eigenvalue weighted by atomic mass is 32.2. The molecule has 2 heterocycles. The number of hydrogen-bond donors (Lipinski definition) is 3. The molecule has 32 heavy (non-hydrogen) atoms. The van der Waals surface area contributed by atoms with Crippen molar-refractivity contribution < 1.29 is 9.90 Å². The molecule has 2 aromatic carbocycles. The molecule has 3 aromatic rings. The van der Waals surface area contributed by atoms with Crippen LogP contribution in [0.4, 0.5) is 11.6 Å². The van der Waals surface area contributed by atoms with Gasteiger partial charge in [0.2, 0.25) is 11.1 Å². The number of anilines is 2. The molecule has 0 aliphatic carbocycles. The minimum atomic E-state index is -0.517. The maximum atomic E-state index is 13.4. The highest BCUT2D eigenvalue weighted by Gasteiger charge is 2.34. The zero-order valence-corrected chi connectivity index (χ0v) is 19.2. The van der Waals surface area contributed by atoms with E-state index in [1.807, 2.05) is 44.2 Å². The van der Waals surface area contributed by atoms with Crippen molar-refractivity contribution >= 4 is 29.3 Å². The summed E-state index contributed by atoms with van der Waals surface area (Å²) in [4.78, 5) is 18.1. The number of phenols is 1. The highest BCUT2D eigenvalue weighted by molar-refractivity contribution is 7.99. The van der Waals surface area contributed by atoms with Crippen molar-refractivity contribution in [2.75, 3.05) is 16.4 Å². The zero-order valence-electron chi connectivity index (χ0n) is 18.4. The van der Waals surface area contributed by atoms with E-state index in [4.69, 9.17) is 5.10 Å². The van der Waals surface area contributed by atoms with Gasteiger partial charge in [0, 0.05) is 17.1 Å². The molecule has 1 aliphatic heterocycles. The Labute approximate surface area is 192 Å². The Hall–Kier alpha value is -3.26. The van der Waals surface area contributed by atoms with E-state index < -0.39 is 6.04 Å². The normalized spacial score (nSPS) is 15.3. The van der Waals surface area contributed by atoms with Gasteiger partial charge in [0.25, 0.3) is 5.91 Å². The largest absolute Gasteiger partial charge is 0.508 e. The Balaban J connectivity index is 1.73. The molecule has 4 rings (SSSR count). The van der Waals surface area contributed by atoms with Crippen molar-refractivity contribution in [2.45, 2.75) is 44.8 Å². The summed E-state index contributed by atoms with van der Waals surface area (Å²) in [5.41, 5.74) is 3.78. The molecule has 0 saturated heterocycles. The van der Waals surface area contributed by atoms with Gasteiger partial charge in [0.1, 0.15) is 11.8 Å². The molecule has 0 spiro atoms. The quantitative estimate of drug-likeness (QED) is 0.343. The molecule has 1 atom stereocenters. The molecule has 1 unspecified atom stereocenters. The number of unbranched alkanes of at least 4 members (excludes halogenated alkanes) is 1. The third-order valence-corrected chi connectivity index (χ3v) is 6.19. The molecule has 8 heteroatoms. The molecule has 0 radical (unpaired) electrons. The van der Waals surface area contributed by atoms with Crippen LogP contribution in [0.3, 0.4) is 0 Å². The van der Waals surface area contributed by atoms with E-state index in [0.29, 0.717) is 22.4 Å². The predicted octanol–water partition coefficient (Wildman–Crippen LogP) is 5.11. The SMILES string of the molecule is CCCCSc1nc2n(n1)C(c1cccc(O)c1)C(C(=O)Nc1cccc(C)c1)=C(C)N2. The topological polar surface area (TPSA) is 92.1 Å². The maximum Gasteiger partial charge on any atom is 0.255 e. The summed E-state index contributed by atoms with van der Waals surface area (Å²) < 4.78 is 1.74. The number of benzene rings is 2. The lowest BCUT2D eigenvalue weighted by Crippen LogP contribution is -2.31. The number of phenolic OH excluding ortho intramolecular Hbond substituents is 1. The fourth-order valence-electron chi connectivity index (χ4n) is 3.72. The van der Waals surface area contributed by atoms with Crippen molar-refractivity contribution in [2.24, 2.45) is 0 Å². The van der Waals surface area contributed by atoms with Crippen LogP contribution in [-0.2, 0) is 4.79 Å². The number of allylic oxidation sites excluding steroid dienone is 1. The van der Waals surface area contributed by atoms with Crippen LogP contribution in [0.15, 0.2) is 65.0 Å². The maximum absolute atomic E-state index is 13.4. The van der Waals surface area contributed by atoms with E-state index in [2.05, 4.69) is 22.5 Å². The number of aromatic hydroxyl groups is 1. The summed E-state index contributed by atoms with van der Waals surface area (Å²) in [5, 5.41) is 21.7. The average molecular weight is 450 g/mol. The van der Waals surface area contributed by atoms with Gasteiger partial charge >= 0.3 is 0 Å². The summed E-state index contributed by atoms with van der Waals surface area (Å²) >= 11 is 1.60. The second-order valence-electron chi connectivity index (χ2n) is 7.85. The van der Waals surface area contributed by atoms with Crippen LogP contribution in [0.1, 0.15) is 43.9 Å². The Morgan fingerprint density at radius 3 is 2.78 bits per heavy atom. The Bertz CT molecular complexity index is 1170. The summed E-state index contributed by atoms with van der Waals surface area (Å²) in [7, 11) is 0. The van der Waals surface area contributed by atoms with Gasteiger partial charge in [-0.2, -0.15) is 4.98 Å². The van der Waals surface area contributed by atoms with Crippen molar-refractivity contribution in [1.29, 1.82) is 0 Å². The van der Waals surface area contributed by atoms with Gasteiger partial charge in [-0.05, 0) is 55.7 Å². The number of thioether (sulfide) groups is 1. The van der Waals surface area contributed by atoms with Crippen LogP contribution >= 0.6 is 11.8 Å². The van der Waals surface area contributed by atoms with Crippen LogP contribution in [0.5, 0.6) is 5.75 Å². The van der Waals surface area contributed by atoms with Crippen LogP contribution in [-0.4, -0.2) is 31.5 Å². The molecule has 0 saturated carbocycles. The second kappa shape index (κ2) is 9.48. The highest BCUT2D eigenvalue weighted by Crippen LogP contribution is 2.37. The smallest absolute Gasteiger partial charge is 0.255 e. The Morgan fingerprint density at radius 2 is 2.03 bits per heavy atom. The summed E-state index contributed by atoms with van der Waals surface area (Å²) in [5.74, 6) is 1.43. The minimum absolute atomic E-state index is 0.135. The van der Waals surface area contributed by atoms with Gasteiger partial charge in [-0.3, -0.25) is 4.79 Å². The molecule has 1 aliphatic rings. The zero-order chi connectivity index (χ0) is 22.7. The number of nitrogens with one attached hydrogen (secondary N) is 2. The van der Waals surface area contributed by atoms with E-state index in [1.54, 1.807) is 34.6 Å². The number of fused-ring (bicyclic) bond motifs is 1. The number of aryl methyl sites for hydroxylation is 1. The van der Waals surface area contributed by atoms with Gasteiger partial charge in [0.05, 0.1) is 5.57 Å². The Morgan fingerprint density at radius 1 is 1.22 bits per heavy atom. The number of amides is 1. The first-order valence-corrected chi connectivity index (χ1v) is 11.7. The molecule has 3 N–H and O–H groups in total. The fraction of sp³-hybridized carbons (Fsp3) is 0.292. The number of hydrogen-bond acceptors (Lipinski definition) is 6. The molecular weight excluding hydrogens is 422 g/mol. The monoisotopic (exact) mass is 449 g/mol. The van der Waals surface area contributed by atoms with Gasteiger partial charge in [-0.15, -0.1) is 5.10 Å². The van der Waals surface area contributed by atoms with Crippen LogP contribution < -0.4 is 10.6 Å². The van der Waals surface area contributed by atoms with Crippen LogP contribution in [0.25, 0.3) is 0 Å². The predicted molar refractivity (Wildman–Crippen MR) is 128 cm³/mol. The van der Waals surface area contributed by atoms with E-state index in [-0.39, 0.29) is 11.7 Å². The van der Waals surface area contributed by atoms with E-state index >= 15 is 0 Å². The van der Waals surface area contributed by atoms with Crippen molar-refractivity contribution in [1.82, 2.24) is 14.8 Å². The number of carbonyl (C=O) groups excluding carboxylic acids is 1. The number of nitrogens with zero attached hydrogens (tertiary/aromatic N) is 3. The summed E-state index contributed by atoms with van der Waals surface area (Å²) in [6, 6.07) is 14.1. The van der Waals surface area contributed by atoms with Crippen LogP contribution in [0, 0.1) is 6.92 Å². The lowest BCUT2D eigenvalue weighted by Gasteiger charge is -2.28. The lowest BCUT2D eigenvalue weighted by molar-refractivity contribution is -0.113. The standard InChI is InChI=1S/C24H27N5O2S/c1-4-5-12-32-24-27-23-25-16(3)20(22(31)26-18-10-6-8-15(2)13-18)21(29(23)28-24)17-9-7-11-19(30)14-17/h6-11,13-14,21,30H,4-5,12H2,1-3H3,(H,26,31)(H,25,27,28). The third-order valence-electron chi connectivity index (χ3n) is 5.27. The molecule has 1 aromatic heterocycles. The van der Waals surface area contributed by atoms with E-state index in [1.165, 1.54) is 0 Å². The van der Waals surface area contributed by atoms with Crippen molar-refractivity contribution in [3.8, 4) is 5.75 Å². The Kier molecular flexibility index (Phi) is 6.50. The summed E-state index contributed by atoms with van der Waals surface area (Å²) in [6.45, 7) is 6.00. The third kappa shape index (κ3) is 4.65. The number of aromatic nitrogens is 3. The molecule has 1 amide bonds. The first-order chi connectivity index (χ1) is 15.5. The van der Waals surface area contributed by atoms with Gasteiger partial charge in [-0.25, -0.2) is 4.68 Å². The first-order valence-electron chi connectivity index (χ1n) is 10.7. The molecular formula is C24H27N5O2S. The minimum Gasteiger partial charge on any atom is -0.508 e. The van der Waals surface area contributed by atoms with Crippen LogP contribution in [0.2, 0.25) is 0 Å². The molecule has 0 bridgehead atoms. The number of rotatable bonds is 7. The second-order valence-corrected chi connectivity index (χ2v) is 8.91. The fourth-order valence-corrected chi connectivity index (χ4v) is 4.63. The van der Waals surface area contributed by atoms with Crippen molar-refractivity contribution in [3.05, 3.63) is 70.9 Å². The van der Waals surface area contributed by atoms with Gasteiger partial charge < -0.3 is 15.7 Å². The van der Waals surface area contributed by atoms with Gasteiger partial charge in [0.15, 0.2) is 0 Å². The molecule has 0 fully saturated rings. The lowest BCUT2D eigenvalue weighted by atomic mass is 9.95. The molecule has 7 nitrogen and oxygen atoms in total. The first kappa shape index (κ1) is 22.0. The summed E-state index contributed by atoms with van der Waals surface area (Å²) in [6.07, 6.45) is 2.19. The van der Waals surface area contributed by atoms with Gasteiger partial charge in [-0.1, -0.05) is 49.4 Å². The van der Waals surface area contributed by atoms with E-state index in [0.717, 1.165) is 35.4 Å². The number of carbonyl (C=O) groups is 1. The molecule has 166 valence electrons.